The van der Waals surface area contributed by atoms with Crippen molar-refractivity contribution >= 4 is 35.0 Å². The van der Waals surface area contributed by atoms with Crippen LogP contribution >= 0.6 is 12.2 Å². The molecule has 1 saturated heterocycles. The molecule has 1 heterocycles. The molecule has 154 valence electrons. The summed E-state index contributed by atoms with van der Waals surface area (Å²) < 4.78 is 16.1. The van der Waals surface area contributed by atoms with Gasteiger partial charge in [-0.2, -0.15) is 5.26 Å². The predicted molar refractivity (Wildman–Crippen MR) is 118 cm³/mol. The summed E-state index contributed by atoms with van der Waals surface area (Å²) in [5.74, 6) is 1.43. The van der Waals surface area contributed by atoms with Crippen molar-refractivity contribution in [3.05, 3.63) is 53.7 Å². The molecule has 0 radical (unpaired) electrons. The molecule has 1 fully saturated rings. The summed E-state index contributed by atoms with van der Waals surface area (Å²) >= 11 is 5.50. The van der Waals surface area contributed by atoms with Crippen LogP contribution in [0.3, 0.4) is 0 Å². The third kappa shape index (κ3) is 4.21. The highest BCUT2D eigenvalue weighted by atomic mass is 32.1. The summed E-state index contributed by atoms with van der Waals surface area (Å²) in [5.41, 5.74) is 1.84. The minimum Gasteiger partial charge on any atom is -0.494 e. The van der Waals surface area contributed by atoms with E-state index in [0.717, 1.165) is 11.3 Å². The van der Waals surface area contributed by atoms with E-state index in [2.05, 4.69) is 0 Å². The number of nitriles is 1. The quantitative estimate of drug-likeness (QED) is 0.497. The number of likely N-dealkylation sites (N-methyl/N-ethyl adjacent to an activating group) is 1. The Bertz CT molecular complexity index is 1030. The molecule has 2 aromatic carbocycles. The Labute approximate surface area is 180 Å². The number of rotatable bonds is 7. The van der Waals surface area contributed by atoms with Gasteiger partial charge in [0.25, 0.3) is 5.91 Å². The average Bonchev–Trinajstić information content (AvgIpc) is 2.96. The van der Waals surface area contributed by atoms with Crippen LogP contribution < -0.4 is 19.1 Å². The first-order valence-corrected chi connectivity index (χ1v) is 9.65. The number of thiocarbonyl (C=S) groups is 1. The van der Waals surface area contributed by atoms with Crippen LogP contribution in [0.2, 0.25) is 0 Å². The Hall–Kier alpha value is -3.57. The average molecular weight is 423 g/mol. The van der Waals surface area contributed by atoms with Crippen molar-refractivity contribution in [1.82, 2.24) is 4.90 Å². The fourth-order valence-corrected chi connectivity index (χ4v) is 3.29. The lowest BCUT2D eigenvalue weighted by atomic mass is 10.1. The molecule has 0 spiro atoms. The molecule has 7 nitrogen and oxygen atoms in total. The minimum absolute atomic E-state index is 0.0800. The fourth-order valence-electron chi connectivity index (χ4n) is 3.00. The first-order chi connectivity index (χ1) is 14.5. The van der Waals surface area contributed by atoms with Crippen LogP contribution in [0.1, 0.15) is 12.5 Å². The summed E-state index contributed by atoms with van der Waals surface area (Å²) in [7, 11) is 3.27. The molecule has 2 aromatic rings. The normalized spacial score (nSPS) is 14.8. The number of hydrogen-bond acceptors (Lipinski definition) is 6. The zero-order chi connectivity index (χ0) is 21.7. The summed E-state index contributed by atoms with van der Waals surface area (Å²) in [6.07, 6.45) is 1.74. The predicted octanol–water partition coefficient (Wildman–Crippen LogP) is 3.60. The molecular formula is C22H21N3O4S. The minimum atomic E-state index is -0.226. The molecule has 0 aromatic heterocycles. The van der Waals surface area contributed by atoms with E-state index in [1.165, 1.54) is 12.0 Å². The standard InChI is InChI=1S/C22H21N3O4S/c1-4-28-17-8-6-16(7-9-17)25-21(26)18(24(2)22(25)30)13-15-5-10-19(29-12-11-23)20(14-15)27-3/h5-10,13-14H,4,12H2,1-3H3/b18-13-. The number of nitrogens with zero attached hydrogens (tertiary/aromatic N) is 3. The molecule has 3 rings (SSSR count). The number of methoxy groups -OCH3 is 1. The van der Waals surface area contributed by atoms with Crippen LogP contribution in [0, 0.1) is 11.3 Å². The van der Waals surface area contributed by atoms with Gasteiger partial charge in [-0.1, -0.05) is 6.07 Å². The topological polar surface area (TPSA) is 75.0 Å². The number of amides is 1. The van der Waals surface area contributed by atoms with Crippen molar-refractivity contribution in [1.29, 1.82) is 5.26 Å². The van der Waals surface area contributed by atoms with Gasteiger partial charge in [0.2, 0.25) is 0 Å². The number of benzene rings is 2. The van der Waals surface area contributed by atoms with Crippen molar-refractivity contribution in [2.24, 2.45) is 0 Å². The first-order valence-electron chi connectivity index (χ1n) is 9.24. The Balaban J connectivity index is 1.89. The van der Waals surface area contributed by atoms with Gasteiger partial charge in [0.1, 0.15) is 17.5 Å². The summed E-state index contributed by atoms with van der Waals surface area (Å²) in [6.45, 7) is 2.40. The summed E-state index contributed by atoms with van der Waals surface area (Å²) in [5, 5.41) is 9.07. The third-order valence-electron chi connectivity index (χ3n) is 4.45. The smallest absolute Gasteiger partial charge is 0.281 e. The maximum Gasteiger partial charge on any atom is 0.281 e. The molecule has 30 heavy (non-hydrogen) atoms. The van der Waals surface area contributed by atoms with Gasteiger partial charge in [0.15, 0.2) is 23.2 Å². The lowest BCUT2D eigenvalue weighted by molar-refractivity contribution is -0.114. The van der Waals surface area contributed by atoms with Crippen molar-refractivity contribution in [2.45, 2.75) is 6.92 Å². The zero-order valence-corrected chi connectivity index (χ0v) is 17.7. The molecular weight excluding hydrogens is 402 g/mol. The van der Waals surface area contributed by atoms with E-state index in [-0.39, 0.29) is 12.5 Å². The van der Waals surface area contributed by atoms with Crippen LogP contribution in [0.15, 0.2) is 48.2 Å². The highest BCUT2D eigenvalue weighted by molar-refractivity contribution is 7.80. The van der Waals surface area contributed by atoms with Crippen LogP contribution in [0.25, 0.3) is 6.08 Å². The molecule has 0 N–H and O–H groups in total. The van der Waals surface area contributed by atoms with Crippen LogP contribution in [0.5, 0.6) is 17.2 Å². The fraction of sp³-hybridized carbons (Fsp3) is 0.227. The highest BCUT2D eigenvalue weighted by Gasteiger charge is 2.36. The second-order valence-electron chi connectivity index (χ2n) is 6.30. The second kappa shape index (κ2) is 9.29. The number of ether oxygens (including phenoxy) is 3. The Morgan fingerprint density at radius 2 is 1.87 bits per heavy atom. The first kappa shape index (κ1) is 21.1. The van der Waals surface area contributed by atoms with Crippen molar-refractivity contribution in [3.63, 3.8) is 0 Å². The van der Waals surface area contributed by atoms with E-state index in [0.29, 0.717) is 34.6 Å². The van der Waals surface area contributed by atoms with Crippen LogP contribution in [-0.4, -0.2) is 43.3 Å². The Morgan fingerprint density at radius 3 is 2.50 bits per heavy atom. The van der Waals surface area contributed by atoms with E-state index in [1.807, 2.05) is 13.0 Å². The molecule has 0 aliphatic carbocycles. The number of carbonyl (C=O) groups excluding carboxylic acids is 1. The molecule has 1 aliphatic rings. The van der Waals surface area contributed by atoms with Crippen molar-refractivity contribution < 1.29 is 19.0 Å². The van der Waals surface area contributed by atoms with E-state index in [4.69, 9.17) is 31.7 Å². The Kier molecular flexibility index (Phi) is 6.54. The van der Waals surface area contributed by atoms with E-state index in [1.54, 1.807) is 60.5 Å². The molecule has 0 saturated carbocycles. The molecule has 8 heteroatoms. The van der Waals surface area contributed by atoms with Gasteiger partial charge in [0.05, 0.1) is 19.4 Å². The largest absolute Gasteiger partial charge is 0.494 e. The van der Waals surface area contributed by atoms with Gasteiger partial charge < -0.3 is 19.1 Å². The second-order valence-corrected chi connectivity index (χ2v) is 6.66. The lowest BCUT2D eigenvalue weighted by Gasteiger charge is -2.16. The number of anilines is 1. The van der Waals surface area contributed by atoms with Gasteiger partial charge in [-0.15, -0.1) is 0 Å². The maximum absolute atomic E-state index is 13.1. The lowest BCUT2D eigenvalue weighted by Crippen LogP contribution is -2.31. The molecule has 0 bridgehead atoms. The Morgan fingerprint density at radius 1 is 1.13 bits per heavy atom. The van der Waals surface area contributed by atoms with Crippen LogP contribution in [0.4, 0.5) is 5.69 Å². The number of carbonyl (C=O) groups is 1. The summed E-state index contributed by atoms with van der Waals surface area (Å²) in [4.78, 5) is 16.3. The van der Waals surface area contributed by atoms with Gasteiger partial charge in [-0.3, -0.25) is 9.69 Å². The molecule has 0 atom stereocenters. The van der Waals surface area contributed by atoms with Gasteiger partial charge in [-0.05, 0) is 67.2 Å². The van der Waals surface area contributed by atoms with E-state index in [9.17, 15) is 4.79 Å². The number of hydrogen-bond donors (Lipinski definition) is 0. The van der Waals surface area contributed by atoms with Crippen molar-refractivity contribution in [2.75, 3.05) is 32.3 Å². The van der Waals surface area contributed by atoms with Crippen LogP contribution in [-0.2, 0) is 4.79 Å². The van der Waals surface area contributed by atoms with E-state index < -0.39 is 0 Å². The SMILES string of the molecule is CCOc1ccc(N2C(=O)/C(=C/c3ccc(OCC#N)c(OC)c3)N(C)C2=S)cc1. The molecule has 1 amide bonds. The van der Waals surface area contributed by atoms with Gasteiger partial charge in [0, 0.05) is 7.05 Å². The monoisotopic (exact) mass is 423 g/mol. The highest BCUT2D eigenvalue weighted by Crippen LogP contribution is 2.32. The molecule has 1 aliphatic heterocycles. The maximum atomic E-state index is 13.1. The van der Waals surface area contributed by atoms with Crippen molar-refractivity contribution in [3.8, 4) is 23.3 Å². The van der Waals surface area contributed by atoms with Gasteiger partial charge in [-0.25, -0.2) is 0 Å². The molecule has 0 unspecified atom stereocenters. The third-order valence-corrected chi connectivity index (χ3v) is 4.91. The van der Waals surface area contributed by atoms with E-state index >= 15 is 0 Å². The zero-order valence-electron chi connectivity index (χ0n) is 16.9. The summed E-state index contributed by atoms with van der Waals surface area (Å²) in [6, 6.07) is 14.4. The van der Waals surface area contributed by atoms with Gasteiger partial charge >= 0.3 is 0 Å².